The maximum Gasteiger partial charge on any atom is 0.0992 e. The SMILES string of the molecule is Clc1cccc(NCc2sccc2Br)c1-n1ccnc1. The average molecular weight is 369 g/mol. The molecule has 0 amide bonds. The van der Waals surface area contributed by atoms with Crippen LogP contribution < -0.4 is 5.32 Å². The Balaban J connectivity index is 1.90. The van der Waals surface area contributed by atoms with E-state index in [4.69, 9.17) is 11.6 Å². The highest BCUT2D eigenvalue weighted by molar-refractivity contribution is 9.10. The molecule has 1 N–H and O–H groups in total. The van der Waals surface area contributed by atoms with E-state index in [0.29, 0.717) is 5.02 Å². The number of hydrogen-bond donors (Lipinski definition) is 1. The third-order valence-corrected chi connectivity index (χ3v) is 5.11. The number of nitrogens with one attached hydrogen (secondary N) is 1. The summed E-state index contributed by atoms with van der Waals surface area (Å²) in [5.41, 5.74) is 1.90. The first-order valence-corrected chi connectivity index (χ1v) is 8.03. The quantitative estimate of drug-likeness (QED) is 0.705. The Kier molecular flexibility index (Phi) is 4.10. The van der Waals surface area contributed by atoms with Gasteiger partial charge in [0.1, 0.15) is 0 Å². The number of rotatable bonds is 4. The molecule has 0 aliphatic carbocycles. The molecule has 6 heteroatoms. The van der Waals surface area contributed by atoms with Gasteiger partial charge < -0.3 is 9.88 Å². The first-order chi connectivity index (χ1) is 9.75. The van der Waals surface area contributed by atoms with Gasteiger partial charge in [-0.3, -0.25) is 0 Å². The fourth-order valence-corrected chi connectivity index (χ4v) is 3.64. The van der Waals surface area contributed by atoms with Crippen molar-refractivity contribution in [2.45, 2.75) is 6.54 Å². The van der Waals surface area contributed by atoms with Crippen LogP contribution in [0, 0.1) is 0 Å². The first-order valence-electron chi connectivity index (χ1n) is 5.98. The summed E-state index contributed by atoms with van der Waals surface area (Å²) in [7, 11) is 0. The largest absolute Gasteiger partial charge is 0.378 e. The highest BCUT2D eigenvalue weighted by atomic mass is 79.9. The number of benzene rings is 1. The second-order valence-electron chi connectivity index (χ2n) is 4.15. The fourth-order valence-electron chi connectivity index (χ4n) is 1.94. The molecule has 102 valence electrons. The summed E-state index contributed by atoms with van der Waals surface area (Å²) < 4.78 is 3.04. The Bertz CT molecular complexity index is 709. The van der Waals surface area contributed by atoms with Crippen LogP contribution in [0.4, 0.5) is 5.69 Å². The number of hydrogen-bond acceptors (Lipinski definition) is 3. The summed E-state index contributed by atoms with van der Waals surface area (Å²) in [6.07, 6.45) is 5.36. The first kappa shape index (κ1) is 13.7. The predicted molar refractivity (Wildman–Crippen MR) is 87.9 cm³/mol. The van der Waals surface area contributed by atoms with Crippen LogP contribution in [0.15, 0.2) is 52.8 Å². The second kappa shape index (κ2) is 5.99. The number of anilines is 1. The Hall–Kier alpha value is -1.30. The minimum Gasteiger partial charge on any atom is -0.378 e. The van der Waals surface area contributed by atoms with Crippen LogP contribution in [-0.4, -0.2) is 9.55 Å². The lowest BCUT2D eigenvalue weighted by atomic mass is 10.2. The molecule has 0 spiro atoms. The number of para-hydroxylation sites is 1. The van der Waals surface area contributed by atoms with Crippen LogP contribution in [0.25, 0.3) is 5.69 Å². The maximum atomic E-state index is 6.32. The molecule has 0 radical (unpaired) electrons. The molecule has 3 rings (SSSR count). The van der Waals surface area contributed by atoms with Crippen LogP contribution in [0.5, 0.6) is 0 Å². The lowest BCUT2D eigenvalue weighted by Gasteiger charge is -2.13. The van der Waals surface area contributed by atoms with Crippen molar-refractivity contribution in [2.24, 2.45) is 0 Å². The molecule has 3 aromatic rings. The van der Waals surface area contributed by atoms with Gasteiger partial charge in [0.05, 0.1) is 29.3 Å². The molecular weight excluding hydrogens is 358 g/mol. The molecule has 0 fully saturated rings. The number of halogens is 2. The molecule has 0 saturated carbocycles. The van der Waals surface area contributed by atoms with Gasteiger partial charge in [-0.15, -0.1) is 11.3 Å². The Labute approximate surface area is 134 Å². The predicted octanol–water partition coefficient (Wildman–Crippen LogP) is 4.96. The van der Waals surface area contributed by atoms with Gasteiger partial charge in [-0.1, -0.05) is 17.7 Å². The molecule has 20 heavy (non-hydrogen) atoms. The normalized spacial score (nSPS) is 10.7. The summed E-state index contributed by atoms with van der Waals surface area (Å²) in [5, 5.41) is 6.19. The van der Waals surface area contributed by atoms with E-state index in [2.05, 4.69) is 37.7 Å². The molecule has 0 bridgehead atoms. The lowest BCUT2D eigenvalue weighted by Crippen LogP contribution is -2.03. The van der Waals surface area contributed by atoms with Crippen molar-refractivity contribution >= 4 is 44.6 Å². The highest BCUT2D eigenvalue weighted by Crippen LogP contribution is 2.30. The molecule has 0 aliphatic rings. The van der Waals surface area contributed by atoms with Crippen LogP contribution in [0.3, 0.4) is 0 Å². The van der Waals surface area contributed by atoms with Crippen LogP contribution in [-0.2, 0) is 6.54 Å². The third-order valence-electron chi connectivity index (χ3n) is 2.88. The fraction of sp³-hybridized carbons (Fsp3) is 0.0714. The highest BCUT2D eigenvalue weighted by Gasteiger charge is 2.09. The van der Waals surface area contributed by atoms with Gasteiger partial charge in [-0.05, 0) is 39.5 Å². The Morgan fingerprint density at radius 1 is 1.35 bits per heavy atom. The van der Waals surface area contributed by atoms with E-state index in [1.165, 1.54) is 4.88 Å². The molecule has 0 atom stereocenters. The Morgan fingerprint density at radius 2 is 2.25 bits per heavy atom. The van der Waals surface area contributed by atoms with Gasteiger partial charge in [-0.2, -0.15) is 0 Å². The van der Waals surface area contributed by atoms with E-state index in [9.17, 15) is 0 Å². The van der Waals surface area contributed by atoms with Crippen molar-refractivity contribution in [1.29, 1.82) is 0 Å². The number of aromatic nitrogens is 2. The molecule has 0 aliphatic heterocycles. The van der Waals surface area contributed by atoms with Gasteiger partial charge in [-0.25, -0.2) is 4.98 Å². The summed E-state index contributed by atoms with van der Waals surface area (Å²) in [4.78, 5) is 5.33. The zero-order chi connectivity index (χ0) is 13.9. The van der Waals surface area contributed by atoms with Crippen molar-refractivity contribution in [3.05, 3.63) is 62.7 Å². The molecule has 3 nitrogen and oxygen atoms in total. The van der Waals surface area contributed by atoms with Gasteiger partial charge in [0.2, 0.25) is 0 Å². The maximum absolute atomic E-state index is 6.32. The van der Waals surface area contributed by atoms with E-state index < -0.39 is 0 Å². The number of nitrogens with zero attached hydrogens (tertiary/aromatic N) is 2. The van der Waals surface area contributed by atoms with Crippen molar-refractivity contribution < 1.29 is 0 Å². The van der Waals surface area contributed by atoms with Crippen molar-refractivity contribution in [3.8, 4) is 5.69 Å². The van der Waals surface area contributed by atoms with E-state index >= 15 is 0 Å². The van der Waals surface area contributed by atoms with Crippen LogP contribution in [0.1, 0.15) is 4.88 Å². The minimum atomic E-state index is 0.693. The third kappa shape index (κ3) is 2.75. The van der Waals surface area contributed by atoms with Crippen molar-refractivity contribution in [1.82, 2.24) is 9.55 Å². The lowest BCUT2D eigenvalue weighted by molar-refractivity contribution is 1.05. The van der Waals surface area contributed by atoms with E-state index in [1.807, 2.05) is 29.0 Å². The van der Waals surface area contributed by atoms with E-state index in [1.54, 1.807) is 23.9 Å². The van der Waals surface area contributed by atoms with Crippen molar-refractivity contribution in [2.75, 3.05) is 5.32 Å². The number of imidazole rings is 1. The van der Waals surface area contributed by atoms with Gasteiger partial charge >= 0.3 is 0 Å². The molecule has 2 heterocycles. The van der Waals surface area contributed by atoms with Gasteiger partial charge in [0.15, 0.2) is 0 Å². The van der Waals surface area contributed by atoms with Crippen molar-refractivity contribution in [3.63, 3.8) is 0 Å². The molecule has 0 unspecified atom stereocenters. The van der Waals surface area contributed by atoms with E-state index in [-0.39, 0.29) is 0 Å². The zero-order valence-electron chi connectivity index (χ0n) is 10.4. The Morgan fingerprint density at radius 3 is 2.95 bits per heavy atom. The van der Waals surface area contributed by atoms with Crippen LogP contribution >= 0.6 is 38.9 Å². The average Bonchev–Trinajstić information content (AvgIpc) is 3.08. The zero-order valence-corrected chi connectivity index (χ0v) is 13.5. The summed E-state index contributed by atoms with van der Waals surface area (Å²) >= 11 is 11.6. The number of thiophene rings is 1. The molecule has 2 aromatic heterocycles. The van der Waals surface area contributed by atoms with Crippen LogP contribution in [0.2, 0.25) is 5.02 Å². The second-order valence-corrected chi connectivity index (χ2v) is 6.41. The topological polar surface area (TPSA) is 29.9 Å². The molecular formula is C14H11BrClN3S. The monoisotopic (exact) mass is 367 g/mol. The summed E-state index contributed by atoms with van der Waals surface area (Å²) in [6, 6.07) is 7.89. The van der Waals surface area contributed by atoms with Gasteiger partial charge in [0.25, 0.3) is 0 Å². The van der Waals surface area contributed by atoms with Gasteiger partial charge in [0, 0.05) is 21.7 Å². The standard InChI is InChI=1S/C14H11BrClN3S/c15-10-4-7-20-13(10)8-18-12-3-1-2-11(16)14(12)19-6-5-17-9-19/h1-7,9,18H,8H2. The summed E-state index contributed by atoms with van der Waals surface area (Å²) in [5.74, 6) is 0. The molecule has 0 saturated heterocycles. The smallest absolute Gasteiger partial charge is 0.0992 e. The minimum absolute atomic E-state index is 0.693. The van der Waals surface area contributed by atoms with E-state index in [0.717, 1.165) is 22.4 Å². The molecule has 1 aromatic carbocycles. The summed E-state index contributed by atoms with van der Waals surface area (Å²) in [6.45, 7) is 0.750.